The molecule has 0 aromatic rings. The van der Waals surface area contributed by atoms with Crippen molar-refractivity contribution in [2.45, 2.75) is 0 Å². The minimum atomic E-state index is 0. The molecule has 0 rings (SSSR count). The van der Waals surface area contributed by atoms with E-state index in [2.05, 4.69) is 0 Å². The van der Waals surface area contributed by atoms with Crippen LogP contribution >= 0.6 is 0 Å². The van der Waals surface area contributed by atoms with Gasteiger partial charge in [-0.1, -0.05) is 0 Å². The molecule has 0 fully saturated rings. The molecule has 0 aliphatic rings. The van der Waals surface area contributed by atoms with Crippen molar-refractivity contribution in [3.63, 3.8) is 0 Å². The maximum Gasteiger partial charge on any atom is 0.316 e. The molecule has 2 radical (unpaired) electrons. The molecule has 5 heteroatoms. The van der Waals surface area contributed by atoms with E-state index in [1.54, 1.807) is 0 Å². The van der Waals surface area contributed by atoms with E-state index in [9.17, 15) is 0 Å². The van der Waals surface area contributed by atoms with Crippen LogP contribution in [0.15, 0.2) is 0 Å². The van der Waals surface area contributed by atoms with E-state index >= 15 is 0 Å². The van der Waals surface area contributed by atoms with Gasteiger partial charge in [0, 0.05) is 67.7 Å². The Morgan fingerprint density at radius 2 is 1.00 bits per heavy atom. The molecule has 0 nitrogen and oxygen atoms in total. The van der Waals surface area contributed by atoms with Gasteiger partial charge in [0.05, 0.1) is 0 Å². The van der Waals surface area contributed by atoms with Crippen molar-refractivity contribution < 1.29 is 67.7 Å². The number of rotatable bonds is 0. The Kier molecular flexibility index (Phi) is 266. The first-order chi connectivity index (χ1) is 0. The Labute approximate surface area is 89.5 Å². The average Bonchev–Trinajstić information content (AvgIpc) is 0. The van der Waals surface area contributed by atoms with Crippen molar-refractivity contribution in [1.82, 2.24) is 0 Å². The Balaban J connectivity index is 0. The molecule has 0 spiro atoms. The third-order valence-corrected chi connectivity index (χ3v) is 0. The third-order valence-electron chi connectivity index (χ3n) is 0. The minimum absolute atomic E-state index is 0. The largest absolute Gasteiger partial charge is 0.316 e. The molecule has 0 N–H and O–H groups in total. The molecule has 40 valence electrons. The van der Waals surface area contributed by atoms with Gasteiger partial charge >= 0.3 is 23.1 Å². The van der Waals surface area contributed by atoms with E-state index in [1.165, 1.54) is 0 Å². The van der Waals surface area contributed by atoms with Gasteiger partial charge < -0.3 is 0 Å². The fourth-order valence-electron chi connectivity index (χ4n) is 0. The van der Waals surface area contributed by atoms with E-state index in [1.807, 2.05) is 0 Å². The van der Waals surface area contributed by atoms with Crippen LogP contribution in [0.1, 0.15) is 0 Å². The first-order valence-electron chi connectivity index (χ1n) is 0. The summed E-state index contributed by atoms with van der Waals surface area (Å²) in [5, 5.41) is 0. The molecule has 0 amide bonds. The molecule has 0 aliphatic heterocycles. The zero-order chi connectivity index (χ0) is 0. The Morgan fingerprint density at radius 3 is 1.00 bits per heavy atom. The third kappa shape index (κ3) is 19.9. The summed E-state index contributed by atoms with van der Waals surface area (Å²) in [4.78, 5) is 0. The Morgan fingerprint density at radius 1 is 1.00 bits per heavy atom. The minimum Gasteiger partial charge on any atom is 0 e. The van der Waals surface area contributed by atoms with Crippen molar-refractivity contribution in [2.75, 3.05) is 0 Å². The molecule has 5 heavy (non-hydrogen) atoms. The van der Waals surface area contributed by atoms with Gasteiger partial charge in [0.25, 0.3) is 0 Å². The van der Waals surface area contributed by atoms with Crippen LogP contribution in [-0.4, -0.2) is 23.1 Å². The molecular weight excluding hydrogens is 257 g/mol. The summed E-state index contributed by atoms with van der Waals surface area (Å²) < 4.78 is 0. The molecule has 0 saturated carbocycles. The van der Waals surface area contributed by atoms with Crippen LogP contribution < -0.4 is 0 Å². The zero-order valence-electron chi connectivity index (χ0n) is 1.35. The van der Waals surface area contributed by atoms with Gasteiger partial charge in [-0.3, -0.25) is 0 Å². The standard InChI is InChI=1S/Cu.Fe.Mg.Mn.Ni.2H. The molecule has 0 atom stereocenters. The fraction of sp³-hybridized carbons (Fsp3) is 0. The van der Waals surface area contributed by atoms with Crippen LogP contribution in [0.25, 0.3) is 0 Å². The zero-order valence-corrected chi connectivity index (χ0v) is 5.56. The predicted molar refractivity (Wildman–Crippen MR) is 8.54 cm³/mol. The van der Waals surface area contributed by atoms with Crippen LogP contribution in [0.3, 0.4) is 0 Å². The monoisotopic (exact) mass is 258 g/mol. The van der Waals surface area contributed by atoms with Crippen LogP contribution in [0.5, 0.6) is 0 Å². The average molecular weight is 259 g/mol. The SMILES string of the molecule is [Cu].[Fe].[MgH2].[Mn].[Ni]. The molecule has 0 aromatic heterocycles. The summed E-state index contributed by atoms with van der Waals surface area (Å²) in [5.41, 5.74) is 0. The van der Waals surface area contributed by atoms with E-state index in [-0.39, 0.29) is 90.8 Å². The summed E-state index contributed by atoms with van der Waals surface area (Å²) in [5.74, 6) is 0. The topological polar surface area (TPSA) is 0 Å². The van der Waals surface area contributed by atoms with Gasteiger partial charge in [0.2, 0.25) is 0 Å². The van der Waals surface area contributed by atoms with Crippen LogP contribution in [-0.2, 0) is 67.7 Å². The second-order valence-corrected chi connectivity index (χ2v) is 0. The smallest absolute Gasteiger partial charge is 0 e. The quantitative estimate of drug-likeness (QED) is 0.493. The molecule has 0 unspecified atom stereocenters. The van der Waals surface area contributed by atoms with Crippen molar-refractivity contribution in [2.24, 2.45) is 0 Å². The van der Waals surface area contributed by atoms with Crippen LogP contribution in [0, 0.1) is 0 Å². The van der Waals surface area contributed by atoms with Crippen molar-refractivity contribution in [3.05, 3.63) is 0 Å². The van der Waals surface area contributed by atoms with Gasteiger partial charge in [-0.05, 0) is 0 Å². The van der Waals surface area contributed by atoms with Crippen molar-refractivity contribution in [1.29, 1.82) is 0 Å². The van der Waals surface area contributed by atoms with E-state index in [0.717, 1.165) is 0 Å². The van der Waals surface area contributed by atoms with Crippen LogP contribution in [0.2, 0.25) is 0 Å². The fourth-order valence-corrected chi connectivity index (χ4v) is 0. The summed E-state index contributed by atoms with van der Waals surface area (Å²) in [7, 11) is 0. The molecule has 0 aromatic carbocycles. The molecular formula is H2CuFeMgMnNi. The maximum absolute atomic E-state index is 0. The second kappa shape index (κ2) is 29.1. The first-order valence-corrected chi connectivity index (χ1v) is 0. The molecule has 0 bridgehead atoms. The van der Waals surface area contributed by atoms with E-state index in [0.29, 0.717) is 0 Å². The van der Waals surface area contributed by atoms with E-state index in [4.69, 9.17) is 0 Å². The predicted octanol–water partition coefficient (Wildman–Crippen LogP) is -0.926. The maximum atomic E-state index is 0. The van der Waals surface area contributed by atoms with Gasteiger partial charge in [-0.25, -0.2) is 0 Å². The van der Waals surface area contributed by atoms with Gasteiger partial charge in [-0.2, -0.15) is 0 Å². The molecule has 0 saturated heterocycles. The summed E-state index contributed by atoms with van der Waals surface area (Å²) >= 11 is 0. The van der Waals surface area contributed by atoms with Gasteiger partial charge in [0.15, 0.2) is 0 Å². The summed E-state index contributed by atoms with van der Waals surface area (Å²) in [6.45, 7) is 0. The molecule has 0 heterocycles. The van der Waals surface area contributed by atoms with Crippen molar-refractivity contribution >= 4 is 23.1 Å². The van der Waals surface area contributed by atoms with E-state index < -0.39 is 0 Å². The Hall–Kier alpha value is 2.82. The normalized spacial score (nSPS) is 0. The van der Waals surface area contributed by atoms with Crippen molar-refractivity contribution in [3.8, 4) is 0 Å². The van der Waals surface area contributed by atoms with Gasteiger partial charge in [0.1, 0.15) is 0 Å². The van der Waals surface area contributed by atoms with Gasteiger partial charge in [-0.15, -0.1) is 0 Å². The Bertz CT molecular complexity index is 11.6. The summed E-state index contributed by atoms with van der Waals surface area (Å²) in [6, 6.07) is 0. The second-order valence-electron chi connectivity index (χ2n) is 0. The first kappa shape index (κ1) is 45.8. The summed E-state index contributed by atoms with van der Waals surface area (Å²) in [6.07, 6.45) is 0. The molecule has 0 aliphatic carbocycles. The number of hydrogen-bond acceptors (Lipinski definition) is 0. The number of hydrogen-bond donors (Lipinski definition) is 0. The van der Waals surface area contributed by atoms with Crippen LogP contribution in [0.4, 0.5) is 0 Å².